The number of nitrogen functional groups attached to an aromatic ring is 1. The monoisotopic (exact) mass is 317 g/mol. The number of rotatable bonds is 4. The highest BCUT2D eigenvalue weighted by Crippen LogP contribution is 2.22. The summed E-state index contributed by atoms with van der Waals surface area (Å²) in [5, 5.41) is 2.90. The topological polar surface area (TPSA) is 85.1 Å². The third-order valence-electron chi connectivity index (χ3n) is 2.36. The van der Waals surface area contributed by atoms with Crippen LogP contribution in [-0.2, 0) is 16.6 Å². The molecule has 2 rings (SSSR count). The average molecular weight is 318 g/mol. The Morgan fingerprint density at radius 2 is 2.21 bits per heavy atom. The van der Waals surface area contributed by atoms with Gasteiger partial charge < -0.3 is 5.73 Å². The van der Waals surface area contributed by atoms with Crippen LogP contribution in [0.15, 0.2) is 28.5 Å². The lowest BCUT2D eigenvalue weighted by Gasteiger charge is -2.06. The van der Waals surface area contributed by atoms with E-state index in [9.17, 15) is 8.42 Å². The van der Waals surface area contributed by atoms with Crippen molar-refractivity contribution in [2.45, 2.75) is 18.4 Å². The van der Waals surface area contributed by atoms with Gasteiger partial charge >= 0.3 is 0 Å². The van der Waals surface area contributed by atoms with Gasteiger partial charge in [0.25, 0.3) is 0 Å². The molecule has 0 aliphatic heterocycles. The largest absolute Gasteiger partial charge is 0.397 e. The van der Waals surface area contributed by atoms with Crippen LogP contribution in [-0.4, -0.2) is 13.4 Å². The fourth-order valence-electron chi connectivity index (χ4n) is 1.41. The summed E-state index contributed by atoms with van der Waals surface area (Å²) in [6.07, 6.45) is 0. The summed E-state index contributed by atoms with van der Waals surface area (Å²) in [6.45, 7) is 2.01. The molecule has 2 aromatic rings. The first-order chi connectivity index (χ1) is 8.88. The highest BCUT2D eigenvalue weighted by Gasteiger charge is 2.15. The van der Waals surface area contributed by atoms with E-state index in [0.717, 1.165) is 5.69 Å². The summed E-state index contributed by atoms with van der Waals surface area (Å²) in [6, 6.07) is 4.20. The van der Waals surface area contributed by atoms with Gasteiger partial charge in [-0.1, -0.05) is 11.6 Å². The van der Waals surface area contributed by atoms with Crippen LogP contribution in [0.1, 0.15) is 10.7 Å². The molecular formula is C11H12ClN3O2S2. The average Bonchev–Trinajstić information content (AvgIpc) is 2.76. The second-order valence-electron chi connectivity index (χ2n) is 3.89. The predicted molar refractivity (Wildman–Crippen MR) is 76.7 cm³/mol. The number of nitrogens with two attached hydrogens (primary N) is 1. The van der Waals surface area contributed by atoms with E-state index < -0.39 is 10.0 Å². The van der Waals surface area contributed by atoms with Crippen molar-refractivity contribution in [3.63, 3.8) is 0 Å². The molecule has 3 N–H and O–H groups in total. The fourth-order valence-corrected chi connectivity index (χ4v) is 3.36. The zero-order chi connectivity index (χ0) is 14.0. The number of anilines is 1. The number of sulfonamides is 1. The van der Waals surface area contributed by atoms with Crippen LogP contribution >= 0.6 is 22.9 Å². The quantitative estimate of drug-likeness (QED) is 0.846. The molecule has 0 radical (unpaired) electrons. The number of benzene rings is 1. The molecule has 19 heavy (non-hydrogen) atoms. The molecule has 0 unspecified atom stereocenters. The molecule has 0 saturated carbocycles. The van der Waals surface area contributed by atoms with Crippen molar-refractivity contribution in [3.8, 4) is 0 Å². The lowest BCUT2D eigenvalue weighted by atomic mass is 10.3. The van der Waals surface area contributed by atoms with Crippen LogP contribution in [0.25, 0.3) is 0 Å². The van der Waals surface area contributed by atoms with Crippen LogP contribution < -0.4 is 10.5 Å². The van der Waals surface area contributed by atoms with Crippen LogP contribution in [0.3, 0.4) is 0 Å². The molecule has 0 bridgehead atoms. The zero-order valence-corrected chi connectivity index (χ0v) is 12.4. The van der Waals surface area contributed by atoms with Gasteiger partial charge in [-0.25, -0.2) is 18.1 Å². The van der Waals surface area contributed by atoms with Crippen molar-refractivity contribution < 1.29 is 8.42 Å². The number of nitrogens with zero attached hydrogens (tertiary/aromatic N) is 1. The second kappa shape index (κ2) is 5.46. The number of aromatic nitrogens is 1. The molecule has 0 amide bonds. The van der Waals surface area contributed by atoms with E-state index in [1.807, 2.05) is 12.3 Å². The van der Waals surface area contributed by atoms with E-state index >= 15 is 0 Å². The standard InChI is InChI=1S/C11H12ClN3O2S2/c1-7-6-18-11(15-7)5-14-19(16,17)8-2-3-9(12)10(13)4-8/h2-4,6,14H,5,13H2,1H3. The van der Waals surface area contributed by atoms with Crippen LogP contribution in [0.4, 0.5) is 5.69 Å². The maximum atomic E-state index is 12.0. The predicted octanol–water partition coefficient (Wildman–Crippen LogP) is 2.17. The zero-order valence-electron chi connectivity index (χ0n) is 10.1. The maximum Gasteiger partial charge on any atom is 0.241 e. The molecule has 0 spiro atoms. The van der Waals surface area contributed by atoms with E-state index in [2.05, 4.69) is 9.71 Å². The SMILES string of the molecule is Cc1csc(CNS(=O)(=O)c2ccc(Cl)c(N)c2)n1. The van der Waals surface area contributed by atoms with Crippen molar-refractivity contribution in [1.82, 2.24) is 9.71 Å². The highest BCUT2D eigenvalue weighted by atomic mass is 35.5. The Hall–Kier alpha value is -1.15. The van der Waals surface area contributed by atoms with E-state index in [4.69, 9.17) is 17.3 Å². The molecule has 0 fully saturated rings. The minimum absolute atomic E-state index is 0.0858. The van der Waals surface area contributed by atoms with E-state index in [1.54, 1.807) is 0 Å². The van der Waals surface area contributed by atoms with E-state index in [1.165, 1.54) is 29.5 Å². The first kappa shape index (κ1) is 14.3. The summed E-state index contributed by atoms with van der Waals surface area (Å²) in [7, 11) is -3.61. The first-order valence-corrected chi connectivity index (χ1v) is 8.08. The molecule has 0 aliphatic carbocycles. The van der Waals surface area contributed by atoms with Gasteiger partial charge in [-0.3, -0.25) is 0 Å². The third-order valence-corrected chi connectivity index (χ3v) is 5.07. The van der Waals surface area contributed by atoms with Crippen molar-refractivity contribution in [3.05, 3.63) is 39.3 Å². The second-order valence-corrected chi connectivity index (χ2v) is 7.01. The van der Waals surface area contributed by atoms with Gasteiger partial charge in [0.15, 0.2) is 0 Å². The lowest BCUT2D eigenvalue weighted by Crippen LogP contribution is -2.23. The summed E-state index contributed by atoms with van der Waals surface area (Å²) in [5.74, 6) is 0. The molecule has 8 heteroatoms. The summed E-state index contributed by atoms with van der Waals surface area (Å²) >= 11 is 7.17. The fraction of sp³-hybridized carbons (Fsp3) is 0.182. The molecular weight excluding hydrogens is 306 g/mol. The third kappa shape index (κ3) is 3.44. The minimum atomic E-state index is -3.61. The van der Waals surface area contributed by atoms with Gasteiger partial charge in [0.2, 0.25) is 10.0 Å². The summed E-state index contributed by atoms with van der Waals surface area (Å²) in [5.41, 5.74) is 6.69. The van der Waals surface area contributed by atoms with Gasteiger partial charge in [-0.05, 0) is 25.1 Å². The van der Waals surface area contributed by atoms with E-state index in [-0.39, 0.29) is 17.1 Å². The van der Waals surface area contributed by atoms with Crippen LogP contribution in [0, 0.1) is 6.92 Å². The number of aryl methyl sites for hydroxylation is 1. The molecule has 5 nitrogen and oxygen atoms in total. The van der Waals surface area contributed by atoms with Gasteiger partial charge in [0.05, 0.1) is 22.2 Å². The number of hydrogen-bond acceptors (Lipinski definition) is 5. The molecule has 102 valence electrons. The molecule has 0 atom stereocenters. The van der Waals surface area contributed by atoms with Gasteiger partial charge in [0, 0.05) is 11.1 Å². The van der Waals surface area contributed by atoms with E-state index in [0.29, 0.717) is 10.0 Å². The molecule has 0 saturated heterocycles. The minimum Gasteiger partial charge on any atom is -0.397 e. The normalized spacial score (nSPS) is 11.7. The Balaban J connectivity index is 2.16. The molecule has 0 aliphatic rings. The van der Waals surface area contributed by atoms with Gasteiger partial charge in [0.1, 0.15) is 5.01 Å². The molecule has 1 aromatic heterocycles. The Kier molecular flexibility index (Phi) is 4.10. The Morgan fingerprint density at radius 3 is 2.79 bits per heavy atom. The van der Waals surface area contributed by atoms with Crippen molar-refractivity contribution >= 4 is 38.6 Å². The number of hydrogen-bond donors (Lipinski definition) is 2. The van der Waals surface area contributed by atoms with Crippen molar-refractivity contribution in [1.29, 1.82) is 0 Å². The van der Waals surface area contributed by atoms with Gasteiger partial charge in [-0.2, -0.15) is 0 Å². The van der Waals surface area contributed by atoms with Crippen molar-refractivity contribution in [2.24, 2.45) is 0 Å². The molecule has 1 heterocycles. The number of thiazole rings is 1. The van der Waals surface area contributed by atoms with Gasteiger partial charge in [-0.15, -0.1) is 11.3 Å². The Bertz CT molecular complexity index is 698. The smallest absolute Gasteiger partial charge is 0.241 e. The number of nitrogens with one attached hydrogen (secondary N) is 1. The van der Waals surface area contributed by atoms with Crippen LogP contribution in [0.2, 0.25) is 5.02 Å². The summed E-state index contributed by atoms with van der Waals surface area (Å²) in [4.78, 5) is 4.27. The number of halogens is 1. The first-order valence-electron chi connectivity index (χ1n) is 5.34. The Morgan fingerprint density at radius 1 is 1.47 bits per heavy atom. The van der Waals surface area contributed by atoms with Crippen LogP contribution in [0.5, 0.6) is 0 Å². The van der Waals surface area contributed by atoms with Crippen molar-refractivity contribution in [2.75, 3.05) is 5.73 Å². The Labute approximate surface area is 120 Å². The highest BCUT2D eigenvalue weighted by molar-refractivity contribution is 7.89. The molecule has 1 aromatic carbocycles. The maximum absolute atomic E-state index is 12.0. The summed E-state index contributed by atoms with van der Waals surface area (Å²) < 4.78 is 26.6. The lowest BCUT2D eigenvalue weighted by molar-refractivity contribution is 0.581.